The Hall–Kier alpha value is -2.17. The molecular weight excluding hydrogens is 657 g/mol. The van der Waals surface area contributed by atoms with E-state index < -0.39 is 5.91 Å². The first-order valence-electron chi connectivity index (χ1n) is 10.5. The summed E-state index contributed by atoms with van der Waals surface area (Å²) in [7, 11) is 0. The highest BCUT2D eigenvalue weighted by atomic mass is 79.9. The Morgan fingerprint density at radius 3 is 2.39 bits per heavy atom. The third-order valence-electron chi connectivity index (χ3n) is 5.39. The Balaban J connectivity index is 1.33. The van der Waals surface area contributed by atoms with Crippen LogP contribution in [0.2, 0.25) is 10.0 Å². The monoisotopic (exact) mass is 669 g/mol. The van der Waals surface area contributed by atoms with Crippen LogP contribution in [0.5, 0.6) is 17.2 Å². The number of carbonyl (C=O) groups is 2. The van der Waals surface area contributed by atoms with Gasteiger partial charge in [-0.15, -0.1) is 0 Å². The summed E-state index contributed by atoms with van der Waals surface area (Å²) in [5, 5.41) is 0.638. The highest BCUT2D eigenvalue weighted by molar-refractivity contribution is 9.11. The second kappa shape index (κ2) is 10.7. The number of hydrogen-bond acceptors (Lipinski definition) is 6. The molecule has 0 N–H and O–H groups in total. The first-order chi connectivity index (χ1) is 17.3. The third-order valence-corrected chi connectivity index (χ3v) is 8.20. The Morgan fingerprint density at radius 1 is 0.972 bits per heavy atom. The van der Waals surface area contributed by atoms with Crippen LogP contribution in [0.1, 0.15) is 16.7 Å². The summed E-state index contributed by atoms with van der Waals surface area (Å²) in [5.74, 6) is 1.26. The number of rotatable bonds is 6. The Kier molecular flexibility index (Phi) is 7.55. The first kappa shape index (κ1) is 25.5. The van der Waals surface area contributed by atoms with Crippen LogP contribution in [0.25, 0.3) is 6.08 Å². The van der Waals surface area contributed by atoms with Gasteiger partial charge in [-0.1, -0.05) is 41.4 Å². The van der Waals surface area contributed by atoms with E-state index in [1.165, 1.54) is 0 Å². The molecule has 5 rings (SSSR count). The summed E-state index contributed by atoms with van der Waals surface area (Å²) in [5.41, 5.74) is 2.17. The minimum absolute atomic E-state index is 0.0275. The zero-order valence-electron chi connectivity index (χ0n) is 18.2. The predicted molar refractivity (Wildman–Crippen MR) is 147 cm³/mol. The summed E-state index contributed by atoms with van der Waals surface area (Å²) in [6.07, 6.45) is 1.67. The molecule has 2 amide bonds. The Bertz CT molecular complexity index is 1410. The molecule has 0 saturated carbocycles. The highest BCUT2D eigenvalue weighted by Gasteiger charge is 2.36. The molecule has 3 aromatic carbocycles. The molecule has 0 aliphatic carbocycles. The van der Waals surface area contributed by atoms with Crippen LogP contribution in [-0.4, -0.2) is 22.8 Å². The molecule has 11 heteroatoms. The van der Waals surface area contributed by atoms with Crippen LogP contribution < -0.4 is 14.2 Å². The quantitative estimate of drug-likeness (QED) is 0.247. The average Bonchev–Trinajstić information content (AvgIpc) is 3.38. The number of carbonyl (C=O) groups excluding carboxylic acids is 2. The molecule has 0 spiro atoms. The topological polar surface area (TPSA) is 65.1 Å². The van der Waals surface area contributed by atoms with Crippen molar-refractivity contribution in [1.82, 2.24) is 4.90 Å². The number of halogens is 4. The van der Waals surface area contributed by atoms with Crippen molar-refractivity contribution >= 4 is 84.0 Å². The average molecular weight is 672 g/mol. The molecule has 6 nitrogen and oxygen atoms in total. The second-order valence-electron chi connectivity index (χ2n) is 7.76. The van der Waals surface area contributed by atoms with Crippen molar-refractivity contribution in [2.75, 3.05) is 6.79 Å². The maximum Gasteiger partial charge on any atom is 0.293 e. The smallest absolute Gasteiger partial charge is 0.293 e. The van der Waals surface area contributed by atoms with Gasteiger partial charge in [0.15, 0.2) is 11.5 Å². The maximum absolute atomic E-state index is 13.1. The van der Waals surface area contributed by atoms with Crippen LogP contribution in [-0.2, 0) is 17.9 Å². The number of fused-ring (bicyclic) bond motifs is 1. The van der Waals surface area contributed by atoms with E-state index >= 15 is 0 Å². The van der Waals surface area contributed by atoms with Crippen LogP contribution in [0.3, 0.4) is 0 Å². The zero-order chi connectivity index (χ0) is 25.4. The molecule has 0 radical (unpaired) electrons. The van der Waals surface area contributed by atoms with Gasteiger partial charge in [0.25, 0.3) is 11.1 Å². The van der Waals surface area contributed by atoms with Gasteiger partial charge in [-0.25, -0.2) is 0 Å². The molecule has 36 heavy (non-hydrogen) atoms. The minimum atomic E-state index is -0.398. The van der Waals surface area contributed by atoms with E-state index in [2.05, 4.69) is 31.9 Å². The summed E-state index contributed by atoms with van der Waals surface area (Å²) in [4.78, 5) is 27.2. The van der Waals surface area contributed by atoms with Crippen LogP contribution in [0, 0.1) is 0 Å². The first-order valence-corrected chi connectivity index (χ1v) is 13.6. The lowest BCUT2D eigenvalue weighted by Crippen LogP contribution is -2.27. The molecule has 2 heterocycles. The zero-order valence-corrected chi connectivity index (χ0v) is 23.7. The summed E-state index contributed by atoms with van der Waals surface area (Å²) in [6.45, 7) is 0.422. The Morgan fingerprint density at radius 2 is 1.67 bits per heavy atom. The lowest BCUT2D eigenvalue weighted by atomic mass is 10.1. The fourth-order valence-electron chi connectivity index (χ4n) is 3.60. The van der Waals surface area contributed by atoms with E-state index in [0.29, 0.717) is 52.3 Å². The summed E-state index contributed by atoms with van der Waals surface area (Å²) >= 11 is 20.5. The lowest BCUT2D eigenvalue weighted by Gasteiger charge is -2.14. The molecule has 0 aromatic heterocycles. The van der Waals surface area contributed by atoms with E-state index in [1.54, 1.807) is 24.3 Å². The van der Waals surface area contributed by atoms with E-state index in [-0.39, 0.29) is 25.2 Å². The van der Waals surface area contributed by atoms with Crippen LogP contribution in [0.4, 0.5) is 4.79 Å². The van der Waals surface area contributed by atoms with E-state index in [0.717, 1.165) is 22.2 Å². The fourth-order valence-corrected chi connectivity index (χ4v) is 6.30. The van der Waals surface area contributed by atoms with Gasteiger partial charge in [0, 0.05) is 21.7 Å². The number of benzene rings is 3. The maximum atomic E-state index is 13.1. The van der Waals surface area contributed by atoms with Crippen molar-refractivity contribution < 1.29 is 23.8 Å². The molecule has 1 saturated heterocycles. The third kappa shape index (κ3) is 5.26. The lowest BCUT2D eigenvalue weighted by molar-refractivity contribution is -0.123. The van der Waals surface area contributed by atoms with Crippen molar-refractivity contribution in [2.45, 2.75) is 13.2 Å². The number of thioether (sulfide) groups is 1. The molecule has 1 fully saturated rings. The van der Waals surface area contributed by atoms with Crippen molar-refractivity contribution in [2.24, 2.45) is 0 Å². The van der Waals surface area contributed by atoms with Gasteiger partial charge in [-0.05, 0) is 85.1 Å². The van der Waals surface area contributed by atoms with Gasteiger partial charge >= 0.3 is 0 Å². The molecule has 2 aliphatic rings. The van der Waals surface area contributed by atoms with Gasteiger partial charge in [0.2, 0.25) is 6.79 Å². The van der Waals surface area contributed by atoms with Gasteiger partial charge in [0.05, 0.1) is 20.4 Å². The predicted octanol–water partition coefficient (Wildman–Crippen LogP) is 8.06. The van der Waals surface area contributed by atoms with Gasteiger partial charge in [-0.2, -0.15) is 0 Å². The standard InChI is InChI=1S/C25H15Br2Cl2NO5S/c26-16-5-13(6-17(27)23(16)33-11-14-3-1-2-4-18(14)28)7-22-24(31)30(25(32)36-22)10-15-8-20-21(9-19(15)29)35-12-34-20/h1-9H,10-12H2/b22-7+. The van der Waals surface area contributed by atoms with Crippen molar-refractivity contribution in [3.05, 3.63) is 89.1 Å². The molecule has 2 aliphatic heterocycles. The summed E-state index contributed by atoms with van der Waals surface area (Å²) in [6, 6.07) is 14.4. The number of nitrogens with zero attached hydrogens (tertiary/aromatic N) is 1. The number of hydrogen-bond donors (Lipinski definition) is 0. The minimum Gasteiger partial charge on any atom is -0.486 e. The van der Waals surface area contributed by atoms with Gasteiger partial charge in [0.1, 0.15) is 12.4 Å². The Labute approximate surface area is 237 Å². The van der Waals surface area contributed by atoms with Crippen LogP contribution in [0.15, 0.2) is 62.4 Å². The van der Waals surface area contributed by atoms with Gasteiger partial charge in [-0.3, -0.25) is 14.5 Å². The molecule has 0 bridgehead atoms. The van der Waals surface area contributed by atoms with E-state index in [1.807, 2.05) is 30.3 Å². The van der Waals surface area contributed by atoms with E-state index in [4.69, 9.17) is 37.4 Å². The number of ether oxygens (including phenoxy) is 3. The molecule has 0 atom stereocenters. The summed E-state index contributed by atoms with van der Waals surface area (Å²) < 4.78 is 18.0. The largest absolute Gasteiger partial charge is 0.486 e. The molecule has 3 aromatic rings. The molecule has 0 unspecified atom stereocenters. The normalized spacial score (nSPS) is 15.8. The van der Waals surface area contributed by atoms with Gasteiger partial charge < -0.3 is 14.2 Å². The number of imide groups is 1. The van der Waals surface area contributed by atoms with E-state index in [9.17, 15) is 9.59 Å². The van der Waals surface area contributed by atoms with Crippen molar-refractivity contribution in [3.63, 3.8) is 0 Å². The molecule has 184 valence electrons. The molecular formula is C25H15Br2Cl2NO5S. The van der Waals surface area contributed by atoms with Crippen LogP contribution >= 0.6 is 66.8 Å². The van der Waals surface area contributed by atoms with Crippen molar-refractivity contribution in [1.29, 1.82) is 0 Å². The SMILES string of the molecule is O=C1S/C(=C/c2cc(Br)c(OCc3ccccc3Cl)c(Br)c2)C(=O)N1Cc1cc2c(cc1Cl)OCO2. The fraction of sp³-hybridized carbons (Fsp3) is 0.120. The van der Waals surface area contributed by atoms with Crippen molar-refractivity contribution in [3.8, 4) is 17.2 Å². The second-order valence-corrected chi connectivity index (χ2v) is 11.3. The highest BCUT2D eigenvalue weighted by Crippen LogP contribution is 2.41. The number of amides is 2.